The van der Waals surface area contributed by atoms with Crippen molar-refractivity contribution in [3.8, 4) is 17.1 Å². The Labute approximate surface area is 225 Å². The first-order valence-corrected chi connectivity index (χ1v) is 13.4. The summed E-state index contributed by atoms with van der Waals surface area (Å²) in [5.41, 5.74) is 3.88. The van der Waals surface area contributed by atoms with Crippen LogP contribution < -0.4 is 10.1 Å². The third kappa shape index (κ3) is 9.61. The van der Waals surface area contributed by atoms with Crippen molar-refractivity contribution in [2.45, 2.75) is 53.5 Å². The summed E-state index contributed by atoms with van der Waals surface area (Å²) < 4.78 is 5.51. The Bertz CT molecular complexity index is 1120. The number of thiol groups is 1. The van der Waals surface area contributed by atoms with Gasteiger partial charge in [-0.1, -0.05) is 76.2 Å². The monoisotopic (exact) mass is 525 g/mol. The zero-order valence-electron chi connectivity index (χ0n) is 22.2. The molecule has 37 heavy (non-hydrogen) atoms. The molecule has 0 saturated carbocycles. The van der Waals surface area contributed by atoms with Crippen molar-refractivity contribution in [2.24, 2.45) is 11.8 Å². The fraction of sp³-hybridized carbons (Fsp3) is 0.414. The van der Waals surface area contributed by atoms with Crippen LogP contribution >= 0.6 is 12.6 Å². The molecule has 8 heteroatoms. The van der Waals surface area contributed by atoms with E-state index in [2.05, 4.69) is 48.7 Å². The van der Waals surface area contributed by atoms with Crippen LogP contribution in [0.4, 0.5) is 0 Å². The van der Waals surface area contributed by atoms with Gasteiger partial charge in [0.05, 0.1) is 30.1 Å². The standard InChI is InChI=1S/C16H29N3O2S.C13H10O2/c1-5-7-21-16-18-13(6-2)14(19-16)9-17-15(20)12(10-22)8-11(3)4;14-13(15)12-9-5-4-8-11(12)10-6-2-1-3-7-10/h11-12,22H,5-10H2,1-4H3,(H,17,20)(H,18,19);1-9H,(H,14,15)/t12-;/m1./s1. The van der Waals surface area contributed by atoms with E-state index in [9.17, 15) is 9.59 Å². The quantitative estimate of drug-likeness (QED) is 0.216. The highest BCUT2D eigenvalue weighted by Crippen LogP contribution is 2.23. The summed E-state index contributed by atoms with van der Waals surface area (Å²) in [7, 11) is 0. The van der Waals surface area contributed by atoms with Crippen LogP contribution in [0.15, 0.2) is 54.6 Å². The van der Waals surface area contributed by atoms with Crippen LogP contribution in [0.5, 0.6) is 6.01 Å². The van der Waals surface area contributed by atoms with Crippen LogP contribution in [0.3, 0.4) is 0 Å². The Kier molecular flexibility index (Phi) is 12.8. The summed E-state index contributed by atoms with van der Waals surface area (Å²) in [4.78, 5) is 30.8. The van der Waals surface area contributed by atoms with Gasteiger partial charge in [-0.3, -0.25) is 4.79 Å². The molecule has 2 aromatic carbocycles. The molecule has 0 spiro atoms. The van der Waals surface area contributed by atoms with E-state index in [0.717, 1.165) is 41.8 Å². The van der Waals surface area contributed by atoms with E-state index in [0.29, 0.717) is 36.4 Å². The van der Waals surface area contributed by atoms with Gasteiger partial charge >= 0.3 is 5.97 Å². The number of carbonyl (C=O) groups is 2. The Morgan fingerprint density at radius 3 is 2.35 bits per heavy atom. The third-order valence-electron chi connectivity index (χ3n) is 5.65. The second-order valence-electron chi connectivity index (χ2n) is 9.11. The normalized spacial score (nSPS) is 11.4. The molecule has 0 radical (unpaired) electrons. The fourth-order valence-electron chi connectivity index (χ4n) is 3.82. The minimum atomic E-state index is -0.894. The maximum Gasteiger partial charge on any atom is 0.336 e. The minimum Gasteiger partial charge on any atom is -0.478 e. The van der Waals surface area contributed by atoms with E-state index in [1.165, 1.54) is 0 Å². The number of nitrogens with zero attached hydrogens (tertiary/aromatic N) is 1. The van der Waals surface area contributed by atoms with Crippen LogP contribution in [0, 0.1) is 11.8 Å². The Morgan fingerprint density at radius 2 is 1.76 bits per heavy atom. The second-order valence-corrected chi connectivity index (χ2v) is 9.48. The van der Waals surface area contributed by atoms with Crippen LogP contribution in [0.1, 0.15) is 62.3 Å². The number of aromatic amines is 1. The average Bonchev–Trinajstić information content (AvgIpc) is 3.32. The topological polar surface area (TPSA) is 104 Å². The number of rotatable bonds is 12. The van der Waals surface area contributed by atoms with Crippen LogP contribution in [-0.2, 0) is 17.8 Å². The first-order valence-electron chi connectivity index (χ1n) is 12.8. The van der Waals surface area contributed by atoms with Gasteiger partial charge in [-0.05, 0) is 42.4 Å². The second kappa shape index (κ2) is 15.8. The number of carboxylic acid groups (broad SMARTS) is 1. The predicted molar refractivity (Wildman–Crippen MR) is 151 cm³/mol. The molecule has 1 aromatic heterocycles. The van der Waals surface area contributed by atoms with Crippen molar-refractivity contribution in [3.05, 3.63) is 71.5 Å². The van der Waals surface area contributed by atoms with Crippen LogP contribution in [0.25, 0.3) is 11.1 Å². The number of H-pyrrole nitrogens is 1. The molecule has 0 aliphatic carbocycles. The zero-order chi connectivity index (χ0) is 27.2. The fourth-order valence-corrected chi connectivity index (χ4v) is 4.13. The summed E-state index contributed by atoms with van der Waals surface area (Å²) in [6.07, 6.45) is 2.59. The van der Waals surface area contributed by atoms with E-state index in [1.54, 1.807) is 12.1 Å². The molecular weight excluding hydrogens is 486 g/mol. The molecule has 1 atom stereocenters. The number of ether oxygens (including phenoxy) is 1. The maximum atomic E-state index is 12.2. The van der Waals surface area contributed by atoms with E-state index in [1.807, 2.05) is 49.4 Å². The number of benzene rings is 2. The molecule has 200 valence electrons. The predicted octanol–water partition coefficient (Wildman–Crippen LogP) is 6.02. The Morgan fingerprint density at radius 1 is 1.08 bits per heavy atom. The maximum absolute atomic E-state index is 12.2. The largest absolute Gasteiger partial charge is 0.478 e. The molecule has 0 saturated heterocycles. The van der Waals surface area contributed by atoms with Gasteiger partial charge in [0, 0.05) is 11.7 Å². The summed E-state index contributed by atoms with van der Waals surface area (Å²) in [6.45, 7) is 9.42. The molecule has 1 heterocycles. The number of hydrogen-bond donors (Lipinski definition) is 4. The molecule has 7 nitrogen and oxygen atoms in total. The molecular formula is C29H39N3O4S. The SMILES string of the molecule is CCCOc1nc(CC)c(CNC(=O)[C@@H](CS)CC(C)C)[nH]1.O=C(O)c1ccccc1-c1ccccc1. The summed E-state index contributed by atoms with van der Waals surface area (Å²) in [5.74, 6) is 0.159. The average molecular weight is 526 g/mol. The van der Waals surface area contributed by atoms with Gasteiger partial charge in [0.25, 0.3) is 6.01 Å². The van der Waals surface area contributed by atoms with Gasteiger partial charge in [0.15, 0.2) is 0 Å². The lowest BCUT2D eigenvalue weighted by atomic mass is 9.98. The highest BCUT2D eigenvalue weighted by molar-refractivity contribution is 7.80. The van der Waals surface area contributed by atoms with Crippen molar-refractivity contribution < 1.29 is 19.4 Å². The summed E-state index contributed by atoms with van der Waals surface area (Å²) in [6, 6.07) is 17.1. The van der Waals surface area contributed by atoms with Crippen molar-refractivity contribution in [2.75, 3.05) is 12.4 Å². The highest BCUT2D eigenvalue weighted by Gasteiger charge is 2.19. The molecule has 3 rings (SSSR count). The number of aromatic carboxylic acids is 1. The van der Waals surface area contributed by atoms with Crippen molar-refractivity contribution >= 4 is 24.5 Å². The number of nitrogens with one attached hydrogen (secondary N) is 2. The number of aryl methyl sites for hydroxylation is 1. The van der Waals surface area contributed by atoms with Crippen LogP contribution in [0.2, 0.25) is 0 Å². The summed E-state index contributed by atoms with van der Waals surface area (Å²) in [5, 5.41) is 12.0. The van der Waals surface area contributed by atoms with Gasteiger partial charge < -0.3 is 20.1 Å². The first kappa shape index (κ1) is 30.0. The summed E-state index contributed by atoms with van der Waals surface area (Å²) >= 11 is 4.29. The van der Waals surface area contributed by atoms with Crippen molar-refractivity contribution in [1.82, 2.24) is 15.3 Å². The Balaban J connectivity index is 0.000000278. The molecule has 0 aliphatic heterocycles. The lowest BCUT2D eigenvalue weighted by molar-refractivity contribution is -0.124. The lowest BCUT2D eigenvalue weighted by Gasteiger charge is -2.16. The van der Waals surface area contributed by atoms with Crippen molar-refractivity contribution in [1.29, 1.82) is 0 Å². The minimum absolute atomic E-state index is 0.0489. The van der Waals surface area contributed by atoms with E-state index < -0.39 is 5.97 Å². The molecule has 3 aromatic rings. The van der Waals surface area contributed by atoms with Gasteiger partial charge in [-0.15, -0.1) is 0 Å². The third-order valence-corrected chi connectivity index (χ3v) is 6.09. The zero-order valence-corrected chi connectivity index (χ0v) is 23.1. The van der Waals surface area contributed by atoms with Gasteiger partial charge in [-0.2, -0.15) is 12.6 Å². The first-order chi connectivity index (χ1) is 17.8. The number of hydrogen-bond acceptors (Lipinski definition) is 5. The number of amides is 1. The lowest BCUT2D eigenvalue weighted by Crippen LogP contribution is -2.32. The smallest absolute Gasteiger partial charge is 0.336 e. The molecule has 0 fully saturated rings. The van der Waals surface area contributed by atoms with Gasteiger partial charge in [0.2, 0.25) is 5.91 Å². The highest BCUT2D eigenvalue weighted by atomic mass is 32.1. The molecule has 0 bridgehead atoms. The Hall–Kier alpha value is -3.26. The van der Waals surface area contributed by atoms with E-state index in [-0.39, 0.29) is 11.8 Å². The number of imidazole rings is 1. The van der Waals surface area contributed by atoms with Crippen LogP contribution in [-0.4, -0.2) is 39.3 Å². The van der Waals surface area contributed by atoms with Gasteiger partial charge in [0.1, 0.15) is 0 Å². The van der Waals surface area contributed by atoms with Crippen molar-refractivity contribution in [3.63, 3.8) is 0 Å². The molecule has 1 amide bonds. The molecule has 0 unspecified atom stereocenters. The van der Waals surface area contributed by atoms with Gasteiger partial charge in [-0.25, -0.2) is 9.78 Å². The number of carbonyl (C=O) groups excluding carboxylic acids is 1. The number of carboxylic acids is 1. The molecule has 0 aliphatic rings. The van der Waals surface area contributed by atoms with E-state index >= 15 is 0 Å². The van der Waals surface area contributed by atoms with E-state index in [4.69, 9.17) is 9.84 Å². The number of aromatic nitrogens is 2. The molecule has 3 N–H and O–H groups in total.